The van der Waals surface area contributed by atoms with Crippen molar-refractivity contribution in [2.45, 2.75) is 6.92 Å². The van der Waals surface area contributed by atoms with E-state index >= 15 is 0 Å². The zero-order chi connectivity index (χ0) is 14.0. The van der Waals surface area contributed by atoms with Crippen molar-refractivity contribution in [1.29, 1.82) is 0 Å². The molecule has 0 radical (unpaired) electrons. The number of hydrogen-bond acceptors (Lipinski definition) is 2. The monoisotopic (exact) mass is 339 g/mol. The number of amides is 1. The lowest BCUT2D eigenvalue weighted by Crippen LogP contribution is -2.12. The van der Waals surface area contributed by atoms with Crippen LogP contribution in [0.2, 0.25) is 5.02 Å². The summed E-state index contributed by atoms with van der Waals surface area (Å²) >= 11 is 9.32. The number of rotatable bonds is 3. The van der Waals surface area contributed by atoms with E-state index in [-0.39, 0.29) is 0 Å². The normalized spacial score (nSPS) is 10.3. The Labute approximate surface area is 124 Å². The molecule has 0 heterocycles. The molecule has 0 spiro atoms. The van der Waals surface area contributed by atoms with E-state index in [1.165, 1.54) is 0 Å². The van der Waals surface area contributed by atoms with Gasteiger partial charge in [-0.05, 0) is 42.8 Å². The third-order valence-corrected chi connectivity index (χ3v) is 3.69. The van der Waals surface area contributed by atoms with E-state index in [2.05, 4.69) is 15.9 Å². The van der Waals surface area contributed by atoms with Crippen molar-refractivity contribution in [1.82, 2.24) is 0 Å². The van der Waals surface area contributed by atoms with Crippen LogP contribution in [-0.2, 0) is 0 Å². The van der Waals surface area contributed by atoms with Crippen LogP contribution < -0.4 is 10.5 Å². The molecular weight excluding hydrogens is 330 g/mol. The first kappa shape index (κ1) is 13.9. The molecule has 1 amide bonds. The molecule has 2 aromatic carbocycles. The topological polar surface area (TPSA) is 52.3 Å². The Morgan fingerprint density at radius 3 is 2.63 bits per heavy atom. The first-order valence-electron chi connectivity index (χ1n) is 5.51. The summed E-state index contributed by atoms with van der Waals surface area (Å²) in [5, 5.41) is 0.480. The number of nitrogens with two attached hydrogens (primary N) is 1. The number of hydrogen-bond donors (Lipinski definition) is 1. The third kappa shape index (κ3) is 3.28. The molecule has 0 aliphatic heterocycles. The number of carbonyl (C=O) groups excluding carboxylic acids is 1. The highest BCUT2D eigenvalue weighted by molar-refractivity contribution is 9.10. The van der Waals surface area contributed by atoms with Crippen LogP contribution in [0.25, 0.3) is 0 Å². The number of aryl methyl sites for hydroxylation is 1. The lowest BCUT2D eigenvalue weighted by atomic mass is 10.2. The van der Waals surface area contributed by atoms with Crippen LogP contribution in [0.15, 0.2) is 40.9 Å². The maximum absolute atomic E-state index is 11.3. The van der Waals surface area contributed by atoms with Gasteiger partial charge in [-0.2, -0.15) is 0 Å². The Morgan fingerprint density at radius 2 is 2.00 bits per heavy atom. The number of benzene rings is 2. The van der Waals surface area contributed by atoms with Gasteiger partial charge in [0.15, 0.2) is 0 Å². The third-order valence-electron chi connectivity index (χ3n) is 2.57. The number of ether oxygens (including phenoxy) is 1. The molecule has 0 fully saturated rings. The SMILES string of the molecule is Cc1cc(Oc2cc(Cl)ccc2C(N)=O)ccc1Br. The minimum Gasteiger partial charge on any atom is -0.456 e. The summed E-state index contributed by atoms with van der Waals surface area (Å²) in [7, 11) is 0. The minimum absolute atomic E-state index is 0.296. The van der Waals surface area contributed by atoms with Gasteiger partial charge in [0, 0.05) is 15.6 Å². The molecule has 5 heteroatoms. The lowest BCUT2D eigenvalue weighted by Gasteiger charge is -2.10. The summed E-state index contributed by atoms with van der Waals surface area (Å²) in [6, 6.07) is 10.2. The zero-order valence-corrected chi connectivity index (χ0v) is 12.5. The predicted molar refractivity (Wildman–Crippen MR) is 78.9 cm³/mol. The molecule has 0 aliphatic carbocycles. The highest BCUT2D eigenvalue weighted by Crippen LogP contribution is 2.30. The van der Waals surface area contributed by atoms with E-state index in [0.29, 0.717) is 22.1 Å². The minimum atomic E-state index is -0.555. The van der Waals surface area contributed by atoms with Gasteiger partial charge in [-0.3, -0.25) is 4.79 Å². The molecule has 2 rings (SSSR count). The Balaban J connectivity index is 2.39. The van der Waals surface area contributed by atoms with Gasteiger partial charge in [-0.1, -0.05) is 27.5 Å². The van der Waals surface area contributed by atoms with Gasteiger partial charge in [0.1, 0.15) is 11.5 Å². The molecule has 98 valence electrons. The second kappa shape index (κ2) is 5.63. The van der Waals surface area contributed by atoms with Gasteiger partial charge in [-0.25, -0.2) is 0 Å². The average Bonchev–Trinajstić information content (AvgIpc) is 2.33. The van der Waals surface area contributed by atoms with Crippen molar-refractivity contribution >= 4 is 33.4 Å². The fourth-order valence-corrected chi connectivity index (χ4v) is 2.00. The molecule has 0 aromatic heterocycles. The van der Waals surface area contributed by atoms with Crippen LogP contribution in [0.1, 0.15) is 15.9 Å². The van der Waals surface area contributed by atoms with Gasteiger partial charge < -0.3 is 10.5 Å². The van der Waals surface area contributed by atoms with Crippen molar-refractivity contribution in [2.75, 3.05) is 0 Å². The van der Waals surface area contributed by atoms with Crippen molar-refractivity contribution in [3.05, 3.63) is 57.0 Å². The van der Waals surface area contributed by atoms with Crippen molar-refractivity contribution in [2.24, 2.45) is 5.73 Å². The second-order valence-corrected chi connectivity index (χ2v) is 5.31. The van der Waals surface area contributed by atoms with Gasteiger partial charge in [-0.15, -0.1) is 0 Å². The Morgan fingerprint density at radius 1 is 1.26 bits per heavy atom. The quantitative estimate of drug-likeness (QED) is 0.905. The Hall–Kier alpha value is -1.52. The van der Waals surface area contributed by atoms with Crippen LogP contribution in [0, 0.1) is 6.92 Å². The van der Waals surface area contributed by atoms with E-state index in [1.54, 1.807) is 24.3 Å². The largest absolute Gasteiger partial charge is 0.456 e. The fourth-order valence-electron chi connectivity index (χ4n) is 1.59. The molecule has 3 nitrogen and oxygen atoms in total. The summed E-state index contributed by atoms with van der Waals surface area (Å²) in [5.74, 6) is 0.410. The molecule has 0 atom stereocenters. The molecule has 0 bridgehead atoms. The standard InChI is InChI=1S/C14H11BrClNO2/c1-8-6-10(3-5-12(8)15)19-13-7-9(16)2-4-11(13)14(17)18/h2-7H,1H3,(H2,17,18). The molecule has 0 unspecified atom stereocenters. The smallest absolute Gasteiger partial charge is 0.252 e. The summed E-state index contributed by atoms with van der Waals surface area (Å²) < 4.78 is 6.67. The molecular formula is C14H11BrClNO2. The van der Waals surface area contributed by atoms with E-state index in [9.17, 15) is 4.79 Å². The van der Waals surface area contributed by atoms with Crippen LogP contribution in [0.5, 0.6) is 11.5 Å². The summed E-state index contributed by atoms with van der Waals surface area (Å²) in [4.78, 5) is 11.3. The maximum Gasteiger partial charge on any atom is 0.252 e. The van der Waals surface area contributed by atoms with Crippen LogP contribution in [0.3, 0.4) is 0 Å². The molecule has 2 aromatic rings. The van der Waals surface area contributed by atoms with Crippen molar-refractivity contribution < 1.29 is 9.53 Å². The van der Waals surface area contributed by atoms with E-state index in [1.807, 2.05) is 19.1 Å². The van der Waals surface area contributed by atoms with Gasteiger partial charge >= 0.3 is 0 Å². The summed E-state index contributed by atoms with van der Waals surface area (Å²) in [6.07, 6.45) is 0. The molecule has 0 saturated carbocycles. The Bertz CT molecular complexity index is 643. The predicted octanol–water partition coefficient (Wildman–Crippen LogP) is 4.30. The fraction of sp³-hybridized carbons (Fsp3) is 0.0714. The maximum atomic E-state index is 11.3. The first-order valence-corrected chi connectivity index (χ1v) is 6.68. The van der Waals surface area contributed by atoms with Crippen molar-refractivity contribution in [3.63, 3.8) is 0 Å². The van der Waals surface area contributed by atoms with Gasteiger partial charge in [0.05, 0.1) is 5.56 Å². The van der Waals surface area contributed by atoms with Crippen LogP contribution in [-0.4, -0.2) is 5.91 Å². The van der Waals surface area contributed by atoms with E-state index in [0.717, 1.165) is 10.0 Å². The number of halogens is 2. The summed E-state index contributed by atoms with van der Waals surface area (Å²) in [6.45, 7) is 1.95. The molecule has 2 N–H and O–H groups in total. The highest BCUT2D eigenvalue weighted by Gasteiger charge is 2.11. The van der Waals surface area contributed by atoms with E-state index < -0.39 is 5.91 Å². The van der Waals surface area contributed by atoms with Gasteiger partial charge in [0.2, 0.25) is 0 Å². The van der Waals surface area contributed by atoms with Crippen molar-refractivity contribution in [3.8, 4) is 11.5 Å². The van der Waals surface area contributed by atoms with Gasteiger partial charge in [0.25, 0.3) is 5.91 Å². The van der Waals surface area contributed by atoms with E-state index in [4.69, 9.17) is 22.1 Å². The first-order chi connectivity index (χ1) is 8.97. The zero-order valence-electron chi connectivity index (χ0n) is 10.1. The average molecular weight is 341 g/mol. The summed E-state index contributed by atoms with van der Waals surface area (Å²) in [5.41, 5.74) is 6.63. The Kier molecular flexibility index (Phi) is 4.12. The van der Waals surface area contributed by atoms with Crippen LogP contribution in [0.4, 0.5) is 0 Å². The second-order valence-electron chi connectivity index (χ2n) is 4.02. The molecule has 0 saturated heterocycles. The van der Waals surface area contributed by atoms with Crippen LogP contribution >= 0.6 is 27.5 Å². The number of carbonyl (C=O) groups is 1. The number of primary amides is 1. The molecule has 0 aliphatic rings. The molecule has 19 heavy (non-hydrogen) atoms. The lowest BCUT2D eigenvalue weighted by molar-refractivity contribution is 0.0998. The highest BCUT2D eigenvalue weighted by atomic mass is 79.9.